The number of hydrogen-bond donors (Lipinski definition) is 0. The van der Waals surface area contributed by atoms with Crippen LogP contribution in [0.15, 0.2) is 59.6 Å². The maximum atomic E-state index is 11.5. The summed E-state index contributed by atoms with van der Waals surface area (Å²) in [6.07, 6.45) is 3.67. The normalized spacial score (nSPS) is 16.2. The fourth-order valence-corrected chi connectivity index (χ4v) is 3.11. The molecular formula is C20H19NO3. The smallest absolute Gasteiger partial charge is 0.235 e. The van der Waals surface area contributed by atoms with Gasteiger partial charge in [-0.05, 0) is 36.1 Å². The molecule has 0 unspecified atom stereocenters. The Bertz CT molecular complexity index is 753. The summed E-state index contributed by atoms with van der Waals surface area (Å²) in [6, 6.07) is 17.6. The van der Waals surface area contributed by atoms with E-state index in [-0.39, 0.29) is 5.78 Å². The maximum Gasteiger partial charge on any atom is 0.235 e. The van der Waals surface area contributed by atoms with Crippen LogP contribution in [0, 0.1) is 0 Å². The lowest BCUT2D eigenvalue weighted by molar-refractivity contribution is -0.121. The Labute approximate surface area is 141 Å². The monoisotopic (exact) mass is 321 g/mol. The number of nitrogens with zero attached hydrogens (tertiary/aromatic N) is 1. The van der Waals surface area contributed by atoms with E-state index in [1.807, 2.05) is 54.6 Å². The van der Waals surface area contributed by atoms with Gasteiger partial charge in [0.05, 0.1) is 5.54 Å². The molecule has 1 fully saturated rings. The van der Waals surface area contributed by atoms with Crippen molar-refractivity contribution in [2.75, 3.05) is 0 Å². The van der Waals surface area contributed by atoms with Crippen LogP contribution in [0.5, 0.6) is 5.75 Å². The molecule has 0 N–H and O–H groups in total. The molecule has 122 valence electrons. The lowest BCUT2D eigenvalue weighted by Crippen LogP contribution is -2.30. The first-order chi connectivity index (χ1) is 11.7. The van der Waals surface area contributed by atoms with Crippen molar-refractivity contribution in [2.24, 2.45) is 4.99 Å². The zero-order valence-corrected chi connectivity index (χ0v) is 13.4. The number of benzene rings is 2. The Morgan fingerprint density at radius 1 is 1.04 bits per heavy atom. The van der Waals surface area contributed by atoms with Crippen molar-refractivity contribution in [1.82, 2.24) is 0 Å². The van der Waals surface area contributed by atoms with Gasteiger partial charge in [0.25, 0.3) is 0 Å². The third-order valence-electron chi connectivity index (χ3n) is 4.51. The molecule has 3 rings (SSSR count). The fraction of sp³-hybridized carbons (Fsp3) is 0.300. The van der Waals surface area contributed by atoms with E-state index in [9.17, 15) is 9.59 Å². The molecule has 2 aromatic carbocycles. The maximum absolute atomic E-state index is 11.5. The number of isocyanates is 1. The van der Waals surface area contributed by atoms with Gasteiger partial charge in [-0.1, -0.05) is 42.5 Å². The predicted octanol–water partition coefficient (Wildman–Crippen LogP) is 3.94. The van der Waals surface area contributed by atoms with Crippen molar-refractivity contribution < 1.29 is 14.3 Å². The molecule has 0 bridgehead atoms. The minimum absolute atomic E-state index is 0.225. The minimum atomic E-state index is -0.651. The average molecular weight is 321 g/mol. The summed E-state index contributed by atoms with van der Waals surface area (Å²) >= 11 is 0. The van der Waals surface area contributed by atoms with Crippen molar-refractivity contribution in [3.05, 3.63) is 65.7 Å². The standard InChI is InChI=1S/C20H19NO3/c22-15-21-20(11-9-18(23)10-12-20)17-7-4-8-19(13-17)24-14-16-5-2-1-3-6-16/h1-8,13H,9-12,14H2. The van der Waals surface area contributed by atoms with Crippen LogP contribution >= 0.6 is 0 Å². The Morgan fingerprint density at radius 2 is 1.79 bits per heavy atom. The topological polar surface area (TPSA) is 55.7 Å². The molecule has 0 aromatic heterocycles. The van der Waals surface area contributed by atoms with Crippen molar-refractivity contribution in [3.8, 4) is 5.75 Å². The molecular weight excluding hydrogens is 302 g/mol. The van der Waals surface area contributed by atoms with Gasteiger partial charge in [0.2, 0.25) is 6.08 Å². The highest BCUT2D eigenvalue weighted by atomic mass is 16.5. The number of carbonyl (C=O) groups excluding carboxylic acids is 2. The summed E-state index contributed by atoms with van der Waals surface area (Å²) in [5.74, 6) is 0.955. The molecule has 0 saturated heterocycles. The molecule has 1 aliphatic carbocycles. The first-order valence-corrected chi connectivity index (χ1v) is 8.10. The van der Waals surface area contributed by atoms with Gasteiger partial charge in [-0.15, -0.1) is 0 Å². The van der Waals surface area contributed by atoms with E-state index < -0.39 is 5.54 Å². The molecule has 4 heteroatoms. The largest absolute Gasteiger partial charge is 0.489 e. The minimum Gasteiger partial charge on any atom is -0.489 e. The average Bonchev–Trinajstić information content (AvgIpc) is 2.63. The zero-order valence-electron chi connectivity index (χ0n) is 13.4. The van der Waals surface area contributed by atoms with Crippen LogP contribution in [0.1, 0.15) is 36.8 Å². The van der Waals surface area contributed by atoms with Crippen LogP contribution in [0.25, 0.3) is 0 Å². The van der Waals surface area contributed by atoms with Crippen LogP contribution in [-0.2, 0) is 21.7 Å². The predicted molar refractivity (Wildman–Crippen MR) is 90.5 cm³/mol. The van der Waals surface area contributed by atoms with Crippen LogP contribution < -0.4 is 4.74 Å². The summed E-state index contributed by atoms with van der Waals surface area (Å²) in [5, 5.41) is 0. The number of aliphatic imine (C=N–C) groups is 1. The van der Waals surface area contributed by atoms with Crippen molar-refractivity contribution in [2.45, 2.75) is 37.8 Å². The van der Waals surface area contributed by atoms with E-state index >= 15 is 0 Å². The zero-order chi connectivity index (χ0) is 16.8. The number of carbonyl (C=O) groups is 1. The lowest BCUT2D eigenvalue weighted by atomic mass is 9.76. The van der Waals surface area contributed by atoms with Crippen molar-refractivity contribution in [1.29, 1.82) is 0 Å². The summed E-state index contributed by atoms with van der Waals surface area (Å²) in [7, 11) is 0. The second-order valence-corrected chi connectivity index (χ2v) is 6.08. The molecule has 4 nitrogen and oxygen atoms in total. The van der Waals surface area contributed by atoms with Gasteiger partial charge >= 0.3 is 0 Å². The number of Topliss-reactive ketones (excluding diaryl/α,β-unsaturated/α-hetero) is 1. The SMILES string of the molecule is O=C=NC1(c2cccc(OCc3ccccc3)c2)CCC(=O)CC1. The molecule has 1 saturated carbocycles. The summed E-state index contributed by atoms with van der Waals surface area (Å²) in [5.41, 5.74) is 1.35. The number of hydrogen-bond acceptors (Lipinski definition) is 4. The molecule has 0 spiro atoms. The molecule has 0 aliphatic heterocycles. The van der Waals surface area contributed by atoms with E-state index in [0.29, 0.717) is 32.3 Å². The van der Waals surface area contributed by atoms with E-state index in [1.54, 1.807) is 6.08 Å². The van der Waals surface area contributed by atoms with Gasteiger partial charge in [-0.3, -0.25) is 4.79 Å². The second kappa shape index (κ2) is 7.24. The molecule has 2 aromatic rings. The number of ketones is 1. The second-order valence-electron chi connectivity index (χ2n) is 6.08. The van der Waals surface area contributed by atoms with Crippen LogP contribution in [0.4, 0.5) is 0 Å². The van der Waals surface area contributed by atoms with Gasteiger partial charge in [0, 0.05) is 12.8 Å². The van der Waals surface area contributed by atoms with Gasteiger partial charge < -0.3 is 4.74 Å². The van der Waals surface area contributed by atoms with E-state index in [0.717, 1.165) is 16.9 Å². The third kappa shape index (κ3) is 3.61. The van der Waals surface area contributed by atoms with Crippen molar-refractivity contribution >= 4 is 11.9 Å². The lowest BCUT2D eigenvalue weighted by Gasteiger charge is -2.32. The highest BCUT2D eigenvalue weighted by Crippen LogP contribution is 2.40. The number of ether oxygens (including phenoxy) is 1. The van der Waals surface area contributed by atoms with Crippen LogP contribution in [-0.4, -0.2) is 11.9 Å². The van der Waals surface area contributed by atoms with Crippen LogP contribution in [0.2, 0.25) is 0 Å². The first kappa shape index (κ1) is 16.2. The van der Waals surface area contributed by atoms with Crippen molar-refractivity contribution in [3.63, 3.8) is 0 Å². The highest BCUT2D eigenvalue weighted by molar-refractivity contribution is 5.79. The quantitative estimate of drug-likeness (QED) is 0.619. The van der Waals surface area contributed by atoms with E-state index in [4.69, 9.17) is 4.74 Å². The Hall–Kier alpha value is -2.71. The fourth-order valence-electron chi connectivity index (χ4n) is 3.11. The third-order valence-corrected chi connectivity index (χ3v) is 4.51. The van der Waals surface area contributed by atoms with Gasteiger partial charge in [0.1, 0.15) is 18.1 Å². The van der Waals surface area contributed by atoms with Gasteiger partial charge in [-0.25, -0.2) is 4.79 Å². The Balaban J connectivity index is 1.80. The molecule has 0 atom stereocenters. The van der Waals surface area contributed by atoms with Crippen LogP contribution in [0.3, 0.4) is 0 Å². The summed E-state index contributed by atoms with van der Waals surface area (Å²) < 4.78 is 5.86. The van der Waals surface area contributed by atoms with E-state index in [2.05, 4.69) is 4.99 Å². The van der Waals surface area contributed by atoms with Gasteiger partial charge in [0.15, 0.2) is 0 Å². The summed E-state index contributed by atoms with van der Waals surface area (Å²) in [6.45, 7) is 0.479. The first-order valence-electron chi connectivity index (χ1n) is 8.10. The Kier molecular flexibility index (Phi) is 4.88. The molecule has 0 radical (unpaired) electrons. The van der Waals surface area contributed by atoms with E-state index in [1.165, 1.54) is 0 Å². The highest BCUT2D eigenvalue weighted by Gasteiger charge is 2.36. The molecule has 0 amide bonds. The van der Waals surface area contributed by atoms with Gasteiger partial charge in [-0.2, -0.15) is 4.99 Å². The molecule has 24 heavy (non-hydrogen) atoms. The Morgan fingerprint density at radius 3 is 2.50 bits per heavy atom. The molecule has 1 aliphatic rings. The molecule has 0 heterocycles. The number of rotatable bonds is 5. The summed E-state index contributed by atoms with van der Waals surface area (Å²) in [4.78, 5) is 26.5.